The number of hydrogen-bond acceptors (Lipinski definition) is 3. The summed E-state index contributed by atoms with van der Waals surface area (Å²) in [7, 11) is 5.31. The highest BCUT2D eigenvalue weighted by Crippen LogP contribution is 2.26. The molecule has 0 bridgehead atoms. The summed E-state index contributed by atoms with van der Waals surface area (Å²) >= 11 is 0. The van der Waals surface area contributed by atoms with Crippen LogP contribution in [0.15, 0.2) is 18.2 Å². The van der Waals surface area contributed by atoms with Crippen LogP contribution in [0, 0.1) is 6.92 Å². The van der Waals surface area contributed by atoms with Crippen molar-refractivity contribution < 1.29 is 9.47 Å². The third-order valence-electron chi connectivity index (χ3n) is 2.45. The van der Waals surface area contributed by atoms with Gasteiger partial charge in [0.25, 0.3) is 0 Å². The molecule has 0 saturated carbocycles. The van der Waals surface area contributed by atoms with Crippen LogP contribution >= 0.6 is 0 Å². The second kappa shape index (κ2) is 5.73. The van der Waals surface area contributed by atoms with Gasteiger partial charge in [0.15, 0.2) is 0 Å². The Morgan fingerprint density at radius 3 is 2.60 bits per heavy atom. The van der Waals surface area contributed by atoms with Gasteiger partial charge in [-0.3, -0.25) is 0 Å². The van der Waals surface area contributed by atoms with Crippen molar-refractivity contribution in [2.75, 3.05) is 27.9 Å². The van der Waals surface area contributed by atoms with Crippen LogP contribution in [0.1, 0.15) is 17.2 Å². The van der Waals surface area contributed by atoms with E-state index in [0.717, 1.165) is 11.3 Å². The lowest BCUT2D eigenvalue weighted by molar-refractivity contribution is 0.169. The molecule has 1 atom stereocenters. The van der Waals surface area contributed by atoms with Crippen LogP contribution in [-0.4, -0.2) is 27.9 Å². The van der Waals surface area contributed by atoms with Crippen molar-refractivity contribution in [1.29, 1.82) is 0 Å². The Hall–Kier alpha value is -1.06. The monoisotopic (exact) mass is 209 g/mol. The summed E-state index contributed by atoms with van der Waals surface area (Å²) in [5.74, 6) is 0.909. The second-order valence-electron chi connectivity index (χ2n) is 3.54. The molecule has 0 aliphatic carbocycles. The molecule has 0 aliphatic rings. The van der Waals surface area contributed by atoms with Gasteiger partial charge in [0.1, 0.15) is 5.75 Å². The Balaban J connectivity index is 2.99. The summed E-state index contributed by atoms with van der Waals surface area (Å²) in [5.41, 5.74) is 2.33. The molecular weight excluding hydrogens is 190 g/mol. The highest BCUT2D eigenvalue weighted by atomic mass is 16.5. The zero-order valence-electron chi connectivity index (χ0n) is 9.83. The van der Waals surface area contributed by atoms with E-state index >= 15 is 0 Å². The molecule has 0 aliphatic heterocycles. The van der Waals surface area contributed by atoms with E-state index in [2.05, 4.69) is 24.4 Å². The number of likely N-dealkylation sites (N-methyl/N-ethyl adjacent to an activating group) is 1. The van der Waals surface area contributed by atoms with E-state index in [0.29, 0.717) is 6.61 Å². The summed E-state index contributed by atoms with van der Waals surface area (Å²) in [6.07, 6.45) is 0. The van der Waals surface area contributed by atoms with Gasteiger partial charge in [0.2, 0.25) is 0 Å². The highest BCUT2D eigenvalue weighted by molar-refractivity contribution is 5.39. The first-order valence-electron chi connectivity index (χ1n) is 5.03. The molecule has 0 amide bonds. The van der Waals surface area contributed by atoms with Crippen LogP contribution in [0.3, 0.4) is 0 Å². The molecule has 1 rings (SSSR count). The Bertz CT molecular complexity index is 312. The van der Waals surface area contributed by atoms with Gasteiger partial charge in [0, 0.05) is 12.7 Å². The molecule has 3 heteroatoms. The van der Waals surface area contributed by atoms with Crippen molar-refractivity contribution in [3.8, 4) is 5.75 Å². The molecule has 1 unspecified atom stereocenters. The van der Waals surface area contributed by atoms with Gasteiger partial charge in [0.05, 0.1) is 19.8 Å². The average molecular weight is 209 g/mol. The minimum atomic E-state index is 0.172. The largest absolute Gasteiger partial charge is 0.496 e. The van der Waals surface area contributed by atoms with Crippen molar-refractivity contribution in [1.82, 2.24) is 5.32 Å². The van der Waals surface area contributed by atoms with Crippen LogP contribution < -0.4 is 10.1 Å². The van der Waals surface area contributed by atoms with E-state index in [-0.39, 0.29) is 6.04 Å². The fourth-order valence-corrected chi connectivity index (χ4v) is 1.60. The molecule has 15 heavy (non-hydrogen) atoms. The highest BCUT2D eigenvalue weighted by Gasteiger charge is 2.13. The summed E-state index contributed by atoms with van der Waals surface area (Å²) in [4.78, 5) is 0. The smallest absolute Gasteiger partial charge is 0.123 e. The average Bonchev–Trinajstić information content (AvgIpc) is 2.26. The van der Waals surface area contributed by atoms with Crippen molar-refractivity contribution >= 4 is 0 Å². The number of aryl methyl sites for hydroxylation is 1. The Morgan fingerprint density at radius 1 is 1.33 bits per heavy atom. The molecule has 0 heterocycles. The molecule has 0 spiro atoms. The molecule has 3 nitrogen and oxygen atoms in total. The fraction of sp³-hybridized carbons (Fsp3) is 0.500. The first-order valence-corrected chi connectivity index (χ1v) is 5.03. The van der Waals surface area contributed by atoms with Crippen LogP contribution in [0.4, 0.5) is 0 Å². The SMILES string of the molecule is CNC(COC)c1ccc(C)cc1OC. The minimum Gasteiger partial charge on any atom is -0.496 e. The lowest BCUT2D eigenvalue weighted by atomic mass is 10.0. The number of benzene rings is 1. The van der Waals surface area contributed by atoms with E-state index in [1.807, 2.05) is 13.1 Å². The van der Waals surface area contributed by atoms with Crippen molar-refractivity contribution in [2.45, 2.75) is 13.0 Å². The lowest BCUT2D eigenvalue weighted by Crippen LogP contribution is -2.21. The maximum atomic E-state index is 5.36. The lowest BCUT2D eigenvalue weighted by Gasteiger charge is -2.18. The van der Waals surface area contributed by atoms with E-state index in [1.165, 1.54) is 5.56 Å². The third kappa shape index (κ3) is 2.94. The summed E-state index contributed by atoms with van der Waals surface area (Å²) in [6.45, 7) is 2.69. The molecular formula is C12H19NO2. The maximum absolute atomic E-state index is 5.36. The molecule has 0 saturated heterocycles. The zero-order chi connectivity index (χ0) is 11.3. The topological polar surface area (TPSA) is 30.5 Å². The second-order valence-corrected chi connectivity index (χ2v) is 3.54. The van der Waals surface area contributed by atoms with Gasteiger partial charge in [-0.1, -0.05) is 12.1 Å². The van der Waals surface area contributed by atoms with Gasteiger partial charge in [-0.05, 0) is 25.6 Å². The number of methoxy groups -OCH3 is 2. The molecule has 0 fully saturated rings. The van der Waals surface area contributed by atoms with Gasteiger partial charge in [-0.2, -0.15) is 0 Å². The Labute approximate surface area is 91.4 Å². The minimum absolute atomic E-state index is 0.172. The first-order chi connectivity index (χ1) is 7.22. The Kier molecular flexibility index (Phi) is 4.59. The summed E-state index contributed by atoms with van der Waals surface area (Å²) in [5, 5.41) is 3.21. The molecule has 0 aromatic heterocycles. The molecule has 1 aromatic rings. The number of nitrogens with one attached hydrogen (secondary N) is 1. The maximum Gasteiger partial charge on any atom is 0.123 e. The van der Waals surface area contributed by atoms with Gasteiger partial charge < -0.3 is 14.8 Å². The van der Waals surface area contributed by atoms with Crippen LogP contribution in [0.2, 0.25) is 0 Å². The number of hydrogen-bond donors (Lipinski definition) is 1. The normalized spacial score (nSPS) is 12.5. The molecule has 1 N–H and O–H groups in total. The van der Waals surface area contributed by atoms with Crippen LogP contribution in [0.25, 0.3) is 0 Å². The molecule has 1 aromatic carbocycles. The van der Waals surface area contributed by atoms with Crippen LogP contribution in [0.5, 0.6) is 5.75 Å². The van der Waals surface area contributed by atoms with Crippen molar-refractivity contribution in [2.24, 2.45) is 0 Å². The standard InChI is InChI=1S/C12H19NO2/c1-9-5-6-10(12(7-9)15-4)11(13-2)8-14-3/h5-7,11,13H,8H2,1-4H3. The quantitative estimate of drug-likeness (QED) is 0.803. The summed E-state index contributed by atoms with van der Waals surface area (Å²) < 4.78 is 10.5. The van der Waals surface area contributed by atoms with E-state index in [9.17, 15) is 0 Å². The van der Waals surface area contributed by atoms with Crippen molar-refractivity contribution in [3.05, 3.63) is 29.3 Å². The predicted octanol–water partition coefficient (Wildman–Crippen LogP) is 1.91. The van der Waals surface area contributed by atoms with Gasteiger partial charge >= 0.3 is 0 Å². The van der Waals surface area contributed by atoms with Gasteiger partial charge in [-0.15, -0.1) is 0 Å². The van der Waals surface area contributed by atoms with E-state index in [1.54, 1.807) is 14.2 Å². The van der Waals surface area contributed by atoms with Crippen LogP contribution in [-0.2, 0) is 4.74 Å². The third-order valence-corrected chi connectivity index (χ3v) is 2.45. The number of rotatable bonds is 5. The molecule has 0 radical (unpaired) electrons. The Morgan fingerprint density at radius 2 is 2.07 bits per heavy atom. The molecule has 84 valence electrons. The van der Waals surface area contributed by atoms with Gasteiger partial charge in [-0.25, -0.2) is 0 Å². The summed E-state index contributed by atoms with van der Waals surface area (Å²) in [6, 6.07) is 6.37. The van der Waals surface area contributed by atoms with E-state index < -0.39 is 0 Å². The first kappa shape index (κ1) is 12.0. The van der Waals surface area contributed by atoms with E-state index in [4.69, 9.17) is 9.47 Å². The number of ether oxygens (including phenoxy) is 2. The fourth-order valence-electron chi connectivity index (χ4n) is 1.60. The van der Waals surface area contributed by atoms with Crippen molar-refractivity contribution in [3.63, 3.8) is 0 Å². The zero-order valence-corrected chi connectivity index (χ0v) is 9.83. The predicted molar refractivity (Wildman–Crippen MR) is 61.4 cm³/mol.